The number of hydrogen-bond donors (Lipinski definition) is 1. The molecule has 1 saturated carbocycles. The summed E-state index contributed by atoms with van der Waals surface area (Å²) in [5, 5.41) is 18.4. The largest absolute Gasteiger partial charge is 0.480 e. The van der Waals surface area contributed by atoms with Crippen LogP contribution in [0.4, 0.5) is 5.95 Å². The summed E-state index contributed by atoms with van der Waals surface area (Å²) in [5.41, 5.74) is 0.276. The molecular weight excluding hydrogens is 256 g/mol. The highest BCUT2D eigenvalue weighted by atomic mass is 16.4. The van der Waals surface area contributed by atoms with E-state index in [0.29, 0.717) is 18.3 Å². The molecule has 2 heterocycles. The highest BCUT2D eigenvalue weighted by molar-refractivity contribution is 5.78. The van der Waals surface area contributed by atoms with E-state index in [1.165, 1.54) is 18.7 Å². The predicted molar refractivity (Wildman–Crippen MR) is 71.0 cm³/mol. The Kier molecular flexibility index (Phi) is 3.26. The minimum absolute atomic E-state index is 0.193. The van der Waals surface area contributed by atoms with Crippen LogP contribution in [0.5, 0.6) is 0 Å². The number of nitriles is 1. The van der Waals surface area contributed by atoms with Gasteiger partial charge in [-0.15, -0.1) is 0 Å². The van der Waals surface area contributed by atoms with Crippen molar-refractivity contribution in [2.75, 3.05) is 4.90 Å². The molecule has 0 amide bonds. The van der Waals surface area contributed by atoms with Crippen molar-refractivity contribution in [3.63, 3.8) is 0 Å². The number of carboxylic acid groups (broad SMARTS) is 1. The number of anilines is 1. The fourth-order valence-corrected chi connectivity index (χ4v) is 3.50. The average Bonchev–Trinajstić information content (AvgIpc) is 2.87. The van der Waals surface area contributed by atoms with Gasteiger partial charge in [0.25, 0.3) is 0 Å². The lowest BCUT2D eigenvalue weighted by Crippen LogP contribution is -2.43. The molecule has 6 nitrogen and oxygen atoms in total. The Labute approximate surface area is 117 Å². The molecule has 1 aromatic rings. The molecule has 0 aromatic carbocycles. The zero-order valence-electron chi connectivity index (χ0n) is 11.1. The number of carboxylic acids is 1. The minimum atomic E-state index is -0.828. The van der Waals surface area contributed by atoms with Crippen LogP contribution in [0.1, 0.15) is 37.8 Å². The van der Waals surface area contributed by atoms with Crippen molar-refractivity contribution in [2.45, 2.75) is 44.2 Å². The highest BCUT2D eigenvalue weighted by Gasteiger charge is 2.46. The van der Waals surface area contributed by atoms with Gasteiger partial charge in [-0.1, -0.05) is 12.8 Å². The zero-order chi connectivity index (χ0) is 14.1. The Bertz CT molecular complexity index is 569. The van der Waals surface area contributed by atoms with Crippen LogP contribution in [0.15, 0.2) is 12.3 Å². The molecule has 0 spiro atoms. The van der Waals surface area contributed by atoms with Gasteiger partial charge in [0.1, 0.15) is 17.8 Å². The first kappa shape index (κ1) is 12.9. The summed E-state index contributed by atoms with van der Waals surface area (Å²) in [6.45, 7) is 0. The van der Waals surface area contributed by atoms with Crippen LogP contribution in [0.25, 0.3) is 0 Å². The molecule has 0 radical (unpaired) electrons. The predicted octanol–water partition coefficient (Wildman–Crippen LogP) is 1.57. The average molecular weight is 272 g/mol. The number of aliphatic carboxylic acids is 1. The molecule has 1 aliphatic heterocycles. The molecular formula is C14H16N4O2. The Morgan fingerprint density at radius 1 is 1.45 bits per heavy atom. The number of fused-ring (bicyclic) bond motifs is 1. The summed E-state index contributed by atoms with van der Waals surface area (Å²) in [6, 6.07) is 3.14. The van der Waals surface area contributed by atoms with Crippen molar-refractivity contribution >= 4 is 11.9 Å². The van der Waals surface area contributed by atoms with Crippen molar-refractivity contribution in [3.05, 3.63) is 18.0 Å². The summed E-state index contributed by atoms with van der Waals surface area (Å²) < 4.78 is 0. The van der Waals surface area contributed by atoms with Gasteiger partial charge < -0.3 is 10.0 Å². The lowest BCUT2D eigenvalue weighted by Gasteiger charge is -2.32. The molecule has 3 unspecified atom stereocenters. The van der Waals surface area contributed by atoms with E-state index in [9.17, 15) is 9.90 Å². The second kappa shape index (κ2) is 5.08. The van der Waals surface area contributed by atoms with Crippen LogP contribution >= 0.6 is 0 Å². The first-order chi connectivity index (χ1) is 9.70. The summed E-state index contributed by atoms with van der Waals surface area (Å²) in [6.07, 6.45) is 6.51. The van der Waals surface area contributed by atoms with E-state index in [-0.39, 0.29) is 11.7 Å². The fraction of sp³-hybridized carbons (Fsp3) is 0.571. The number of aromatic nitrogens is 2. The van der Waals surface area contributed by atoms with Crippen molar-refractivity contribution < 1.29 is 9.90 Å². The third kappa shape index (κ3) is 2.09. The van der Waals surface area contributed by atoms with E-state index in [1.807, 2.05) is 11.0 Å². The second-order valence-corrected chi connectivity index (χ2v) is 5.46. The van der Waals surface area contributed by atoms with Gasteiger partial charge in [-0.05, 0) is 31.2 Å². The van der Waals surface area contributed by atoms with Gasteiger partial charge in [0, 0.05) is 12.2 Å². The van der Waals surface area contributed by atoms with E-state index in [4.69, 9.17) is 5.26 Å². The van der Waals surface area contributed by atoms with Crippen molar-refractivity contribution in [2.24, 2.45) is 5.92 Å². The first-order valence-corrected chi connectivity index (χ1v) is 6.95. The third-order valence-electron chi connectivity index (χ3n) is 4.36. The molecule has 1 saturated heterocycles. The van der Waals surface area contributed by atoms with Crippen LogP contribution in [-0.2, 0) is 4.79 Å². The smallest absolute Gasteiger partial charge is 0.326 e. The molecule has 6 heteroatoms. The molecule has 20 heavy (non-hydrogen) atoms. The van der Waals surface area contributed by atoms with E-state index >= 15 is 0 Å². The van der Waals surface area contributed by atoms with Gasteiger partial charge in [0.05, 0.1) is 0 Å². The Morgan fingerprint density at radius 2 is 2.25 bits per heavy atom. The van der Waals surface area contributed by atoms with Crippen LogP contribution in [0.3, 0.4) is 0 Å². The molecule has 2 fully saturated rings. The molecule has 3 atom stereocenters. The van der Waals surface area contributed by atoms with E-state index < -0.39 is 12.0 Å². The van der Waals surface area contributed by atoms with Gasteiger partial charge in [-0.2, -0.15) is 5.26 Å². The Hall–Kier alpha value is -2.16. The molecule has 1 aliphatic carbocycles. The topological polar surface area (TPSA) is 90.1 Å². The Balaban J connectivity index is 1.98. The number of hydrogen-bond acceptors (Lipinski definition) is 5. The number of carbonyl (C=O) groups is 1. The summed E-state index contributed by atoms with van der Waals surface area (Å²) in [5.74, 6) is -0.0459. The highest BCUT2D eigenvalue weighted by Crippen LogP contribution is 2.41. The lowest BCUT2D eigenvalue weighted by atomic mass is 9.85. The standard InChI is InChI=1S/C14H16N4O2/c15-8-10-5-6-16-14(17-10)18-11-4-2-1-3-9(11)7-12(18)13(19)20/h5-6,9,11-12H,1-4,7H2,(H,19,20). The van der Waals surface area contributed by atoms with Crippen LogP contribution in [0.2, 0.25) is 0 Å². The van der Waals surface area contributed by atoms with Gasteiger partial charge in [-0.3, -0.25) is 0 Å². The minimum Gasteiger partial charge on any atom is -0.480 e. The van der Waals surface area contributed by atoms with Crippen LogP contribution < -0.4 is 4.90 Å². The van der Waals surface area contributed by atoms with Crippen molar-refractivity contribution in [3.8, 4) is 6.07 Å². The normalized spacial score (nSPS) is 28.8. The van der Waals surface area contributed by atoms with Crippen molar-refractivity contribution in [1.29, 1.82) is 5.26 Å². The first-order valence-electron chi connectivity index (χ1n) is 6.95. The number of rotatable bonds is 2. The lowest BCUT2D eigenvalue weighted by molar-refractivity contribution is -0.138. The Morgan fingerprint density at radius 3 is 3.00 bits per heavy atom. The maximum Gasteiger partial charge on any atom is 0.326 e. The summed E-state index contributed by atoms with van der Waals surface area (Å²) >= 11 is 0. The summed E-state index contributed by atoms with van der Waals surface area (Å²) in [4.78, 5) is 21.7. The fourth-order valence-electron chi connectivity index (χ4n) is 3.50. The zero-order valence-corrected chi connectivity index (χ0v) is 11.1. The third-order valence-corrected chi connectivity index (χ3v) is 4.36. The molecule has 1 aromatic heterocycles. The molecule has 104 valence electrons. The second-order valence-electron chi connectivity index (χ2n) is 5.46. The molecule has 3 rings (SSSR count). The summed E-state index contributed by atoms with van der Waals surface area (Å²) in [7, 11) is 0. The van der Waals surface area contributed by atoms with Gasteiger partial charge in [0.15, 0.2) is 0 Å². The molecule has 0 bridgehead atoms. The maximum absolute atomic E-state index is 11.5. The van der Waals surface area contributed by atoms with E-state index in [0.717, 1.165) is 19.3 Å². The quantitative estimate of drug-likeness (QED) is 0.878. The van der Waals surface area contributed by atoms with Crippen LogP contribution in [0, 0.1) is 17.2 Å². The van der Waals surface area contributed by atoms with E-state index in [1.54, 1.807) is 0 Å². The monoisotopic (exact) mass is 272 g/mol. The number of nitrogens with zero attached hydrogens (tertiary/aromatic N) is 4. The molecule has 2 aliphatic rings. The van der Waals surface area contributed by atoms with Crippen LogP contribution in [-0.4, -0.2) is 33.1 Å². The van der Waals surface area contributed by atoms with Crippen molar-refractivity contribution in [1.82, 2.24) is 9.97 Å². The van der Waals surface area contributed by atoms with Gasteiger partial charge >= 0.3 is 5.97 Å². The van der Waals surface area contributed by atoms with E-state index in [2.05, 4.69) is 9.97 Å². The SMILES string of the molecule is N#Cc1ccnc(N2C(C(=O)O)CC3CCCCC32)n1. The maximum atomic E-state index is 11.5. The van der Waals surface area contributed by atoms with Gasteiger partial charge in [0.2, 0.25) is 5.95 Å². The van der Waals surface area contributed by atoms with Gasteiger partial charge in [-0.25, -0.2) is 14.8 Å². The molecule has 1 N–H and O–H groups in total.